The second-order valence-electron chi connectivity index (χ2n) is 5.49. The minimum absolute atomic E-state index is 0.00120. The highest BCUT2D eigenvalue weighted by Gasteiger charge is 2.27. The number of piperidine rings is 1. The van der Waals surface area contributed by atoms with E-state index in [0.717, 1.165) is 0 Å². The van der Waals surface area contributed by atoms with Crippen molar-refractivity contribution in [1.29, 1.82) is 0 Å². The summed E-state index contributed by atoms with van der Waals surface area (Å²) in [4.78, 5) is 0. The van der Waals surface area contributed by atoms with Gasteiger partial charge in [0.1, 0.15) is 14.3 Å². The highest BCUT2D eigenvalue weighted by molar-refractivity contribution is 5.46. The van der Waals surface area contributed by atoms with Gasteiger partial charge >= 0.3 is 0 Å². The van der Waals surface area contributed by atoms with Gasteiger partial charge < -0.3 is 19.5 Å². The van der Waals surface area contributed by atoms with Crippen LogP contribution in [0.3, 0.4) is 0 Å². The molecular formula is C19H20FNO3. The summed E-state index contributed by atoms with van der Waals surface area (Å²) < 4.78 is 79.0. The molecule has 0 spiro atoms. The average molecular weight is 335 g/mol. The Balaban J connectivity index is 1.67. The lowest BCUT2D eigenvalue weighted by atomic mass is 9.81. The van der Waals surface area contributed by atoms with Crippen LogP contribution >= 0.6 is 0 Å². The van der Waals surface area contributed by atoms with E-state index >= 15 is 0 Å². The van der Waals surface area contributed by atoms with Gasteiger partial charge in [0, 0.05) is 21.2 Å². The Morgan fingerprint density at radius 2 is 2.08 bits per heavy atom. The second-order valence-corrected chi connectivity index (χ2v) is 5.49. The van der Waals surface area contributed by atoms with E-state index in [1.807, 2.05) is 0 Å². The standard InChI is InChI=1S/C19H20FNO3/c20-15-3-1-13(2-4-15)17-7-8-21-10-14(17)11-22-16-5-6-18-19(9-16)24-12-23-18/h1-6,9,14,17,21H,7-8,10-12H2/t14-,17?/m1/s1/i11D2,12D2,14D,17D. The summed E-state index contributed by atoms with van der Waals surface area (Å²) in [5, 5.41) is 2.96. The summed E-state index contributed by atoms with van der Waals surface area (Å²) >= 11 is 0. The predicted molar refractivity (Wildman–Crippen MR) is 88.2 cm³/mol. The van der Waals surface area contributed by atoms with E-state index in [1.54, 1.807) is 0 Å². The minimum atomic E-state index is -2.64. The van der Waals surface area contributed by atoms with E-state index in [2.05, 4.69) is 5.32 Å². The molecule has 2 heterocycles. The van der Waals surface area contributed by atoms with Crippen LogP contribution < -0.4 is 19.5 Å². The van der Waals surface area contributed by atoms with Gasteiger partial charge in [-0.2, -0.15) is 0 Å². The minimum Gasteiger partial charge on any atom is -0.493 e. The van der Waals surface area contributed by atoms with Gasteiger partial charge in [0.15, 0.2) is 11.5 Å². The van der Waals surface area contributed by atoms with Crippen molar-refractivity contribution in [2.75, 3.05) is 26.4 Å². The molecule has 0 amide bonds. The first kappa shape index (κ1) is 9.89. The second kappa shape index (κ2) is 6.69. The van der Waals surface area contributed by atoms with E-state index in [0.29, 0.717) is 12.1 Å². The SMILES string of the molecule is [2H]C1([2H])Oc2ccc(OC([2H])([2H])[C@@]3([2H])CNCCC3([2H])c3ccc(F)cc3)cc2O1. The van der Waals surface area contributed by atoms with Crippen molar-refractivity contribution < 1.29 is 26.8 Å². The van der Waals surface area contributed by atoms with Crippen LogP contribution in [0.15, 0.2) is 42.5 Å². The first-order chi connectivity index (χ1) is 14.0. The number of fused-ring (bicyclic) bond motifs is 1. The lowest BCUT2D eigenvalue weighted by molar-refractivity contribution is 0.173. The molecule has 2 atom stereocenters. The molecule has 0 bridgehead atoms. The smallest absolute Gasteiger partial charge is 0.231 e. The van der Waals surface area contributed by atoms with Crippen LogP contribution in [0.2, 0.25) is 0 Å². The first-order valence-electron chi connectivity index (χ1n) is 10.6. The zero-order chi connectivity index (χ0) is 21.8. The zero-order valence-electron chi connectivity index (χ0n) is 18.8. The molecule has 1 N–H and O–H groups in total. The Morgan fingerprint density at radius 3 is 2.96 bits per heavy atom. The largest absolute Gasteiger partial charge is 0.493 e. The Hall–Kier alpha value is -2.27. The maximum absolute atomic E-state index is 13.4. The van der Waals surface area contributed by atoms with Crippen molar-refractivity contribution >= 4 is 0 Å². The van der Waals surface area contributed by atoms with Crippen molar-refractivity contribution in [2.24, 2.45) is 5.89 Å². The number of rotatable bonds is 4. The normalized spacial score (nSPS) is 34.9. The molecule has 0 aliphatic carbocycles. The van der Waals surface area contributed by atoms with E-state index in [-0.39, 0.29) is 30.2 Å². The number of nitrogens with one attached hydrogen (secondary N) is 1. The van der Waals surface area contributed by atoms with Crippen LogP contribution in [0, 0.1) is 11.7 Å². The van der Waals surface area contributed by atoms with Crippen LogP contribution in [0.5, 0.6) is 17.2 Å². The van der Waals surface area contributed by atoms with Gasteiger partial charge in [-0.1, -0.05) is 12.1 Å². The molecule has 0 aromatic heterocycles. The molecule has 4 rings (SSSR count). The highest BCUT2D eigenvalue weighted by atomic mass is 19.1. The summed E-state index contributed by atoms with van der Waals surface area (Å²) in [6.07, 6.45) is 0.131. The van der Waals surface area contributed by atoms with E-state index in [9.17, 15) is 4.39 Å². The van der Waals surface area contributed by atoms with E-state index in [4.69, 9.17) is 22.4 Å². The lowest BCUT2D eigenvalue weighted by Gasteiger charge is -2.32. The molecule has 4 nitrogen and oxygen atoms in total. The van der Waals surface area contributed by atoms with Crippen LogP contribution in [-0.2, 0) is 0 Å². The van der Waals surface area contributed by atoms with Crippen LogP contribution in [-0.4, -0.2) is 26.4 Å². The molecule has 1 unspecified atom stereocenters. The summed E-state index contributed by atoms with van der Waals surface area (Å²) in [5.74, 6) is -4.08. The molecule has 0 saturated carbocycles. The summed E-state index contributed by atoms with van der Waals surface area (Å²) in [7, 11) is 0. The third kappa shape index (κ3) is 3.17. The molecule has 2 aliphatic rings. The topological polar surface area (TPSA) is 39.7 Å². The van der Waals surface area contributed by atoms with Crippen molar-refractivity contribution in [3.63, 3.8) is 0 Å². The summed E-state index contributed by atoms with van der Waals surface area (Å²) in [6.45, 7) is -4.73. The Kier molecular flexibility index (Phi) is 2.76. The number of benzene rings is 2. The van der Waals surface area contributed by atoms with Gasteiger partial charge in [-0.15, -0.1) is 0 Å². The molecular weight excluding hydrogens is 309 g/mol. The van der Waals surface area contributed by atoms with E-state index < -0.39 is 30.9 Å². The van der Waals surface area contributed by atoms with Gasteiger partial charge in [0.25, 0.3) is 0 Å². The third-order valence-corrected chi connectivity index (χ3v) is 3.92. The number of ether oxygens (including phenoxy) is 3. The van der Waals surface area contributed by atoms with Gasteiger partial charge in [-0.25, -0.2) is 4.39 Å². The summed E-state index contributed by atoms with van der Waals surface area (Å²) in [6, 6.07) is 9.22. The van der Waals surface area contributed by atoms with Crippen molar-refractivity contribution in [2.45, 2.75) is 12.3 Å². The van der Waals surface area contributed by atoms with Crippen molar-refractivity contribution in [3.8, 4) is 17.2 Å². The van der Waals surface area contributed by atoms with Crippen molar-refractivity contribution in [3.05, 3.63) is 53.8 Å². The van der Waals surface area contributed by atoms with Crippen LogP contribution in [0.4, 0.5) is 4.39 Å². The summed E-state index contributed by atoms with van der Waals surface area (Å²) in [5.41, 5.74) is 0.326. The van der Waals surface area contributed by atoms with Crippen LogP contribution in [0.1, 0.15) is 26.1 Å². The molecule has 5 heteroatoms. The van der Waals surface area contributed by atoms with Crippen LogP contribution in [0.25, 0.3) is 0 Å². The van der Waals surface area contributed by atoms with Gasteiger partial charge in [0.05, 0.1) is 9.30 Å². The third-order valence-electron chi connectivity index (χ3n) is 3.92. The van der Waals surface area contributed by atoms with Gasteiger partial charge in [-0.05, 0) is 48.7 Å². The molecule has 2 aromatic rings. The van der Waals surface area contributed by atoms with E-state index in [1.165, 1.54) is 42.5 Å². The molecule has 0 radical (unpaired) electrons. The molecule has 126 valence electrons. The molecule has 1 saturated heterocycles. The molecule has 1 fully saturated rings. The molecule has 2 aromatic carbocycles. The van der Waals surface area contributed by atoms with Gasteiger partial charge in [-0.3, -0.25) is 0 Å². The monoisotopic (exact) mass is 335 g/mol. The quantitative estimate of drug-likeness (QED) is 0.930. The molecule has 2 aliphatic heterocycles. The first-order valence-corrected chi connectivity index (χ1v) is 7.64. The lowest BCUT2D eigenvalue weighted by Crippen LogP contribution is -2.38. The van der Waals surface area contributed by atoms with Crippen molar-refractivity contribution in [1.82, 2.24) is 5.32 Å². The number of halogens is 1. The predicted octanol–water partition coefficient (Wildman–Crippen LogP) is 3.33. The zero-order valence-corrected chi connectivity index (χ0v) is 12.8. The Morgan fingerprint density at radius 1 is 1.25 bits per heavy atom. The average Bonchev–Trinajstić information content (AvgIpc) is 2.97. The van der Waals surface area contributed by atoms with Gasteiger partial charge in [0.2, 0.25) is 6.75 Å². The molecule has 24 heavy (non-hydrogen) atoms. The maximum atomic E-state index is 13.4. The maximum Gasteiger partial charge on any atom is 0.231 e. The fourth-order valence-corrected chi connectivity index (χ4v) is 2.70. The fraction of sp³-hybridized carbons (Fsp3) is 0.368. The highest BCUT2D eigenvalue weighted by Crippen LogP contribution is 2.36. The number of hydrogen-bond acceptors (Lipinski definition) is 4. The Labute approximate surface area is 149 Å². The fourth-order valence-electron chi connectivity index (χ4n) is 2.70. The number of hydrogen-bond donors (Lipinski definition) is 1. The Bertz CT molecular complexity index is 960.